The first-order valence-corrected chi connectivity index (χ1v) is 8.78. The predicted molar refractivity (Wildman–Crippen MR) is 85.0 cm³/mol. The second-order valence-corrected chi connectivity index (χ2v) is 6.87. The van der Waals surface area contributed by atoms with E-state index in [0.717, 1.165) is 32.2 Å². The van der Waals surface area contributed by atoms with E-state index < -0.39 is 5.54 Å². The van der Waals surface area contributed by atoms with Gasteiger partial charge < -0.3 is 15.4 Å². The van der Waals surface area contributed by atoms with Gasteiger partial charge in [-0.2, -0.15) is 0 Å². The number of hydrogen-bond donors (Lipinski definition) is 1. The monoisotopic (exact) mass is 296 g/mol. The van der Waals surface area contributed by atoms with E-state index in [1.807, 2.05) is 6.92 Å². The Kier molecular flexibility index (Phi) is 6.06. The van der Waals surface area contributed by atoms with E-state index in [2.05, 4.69) is 11.8 Å². The van der Waals surface area contributed by atoms with Crippen molar-refractivity contribution in [2.75, 3.05) is 19.7 Å². The van der Waals surface area contributed by atoms with Crippen LogP contribution in [0, 0.1) is 5.92 Å². The molecule has 4 heteroatoms. The fraction of sp³-hybridized carbons (Fsp3) is 0.941. The van der Waals surface area contributed by atoms with Crippen LogP contribution >= 0.6 is 0 Å². The zero-order valence-corrected chi connectivity index (χ0v) is 13.8. The molecule has 1 saturated heterocycles. The highest BCUT2D eigenvalue weighted by Gasteiger charge is 2.46. The minimum absolute atomic E-state index is 0.184. The van der Waals surface area contributed by atoms with Crippen molar-refractivity contribution in [1.82, 2.24) is 4.90 Å². The minimum Gasteiger partial charge on any atom is -0.465 e. The van der Waals surface area contributed by atoms with Gasteiger partial charge in [-0.25, -0.2) is 0 Å². The van der Waals surface area contributed by atoms with Crippen molar-refractivity contribution in [3.05, 3.63) is 0 Å². The van der Waals surface area contributed by atoms with E-state index in [-0.39, 0.29) is 11.9 Å². The fourth-order valence-corrected chi connectivity index (χ4v) is 4.03. The van der Waals surface area contributed by atoms with Gasteiger partial charge in [0.15, 0.2) is 0 Å². The van der Waals surface area contributed by atoms with Crippen molar-refractivity contribution in [2.24, 2.45) is 11.7 Å². The zero-order valence-electron chi connectivity index (χ0n) is 13.8. The number of ether oxygens (including phenoxy) is 1. The topological polar surface area (TPSA) is 55.6 Å². The summed E-state index contributed by atoms with van der Waals surface area (Å²) in [6.07, 6.45) is 9.24. The molecular weight excluding hydrogens is 264 g/mol. The number of carbonyl (C=O) groups is 1. The van der Waals surface area contributed by atoms with Crippen LogP contribution in [0.2, 0.25) is 0 Å². The fourth-order valence-electron chi connectivity index (χ4n) is 4.03. The number of nitrogens with two attached hydrogens (primary N) is 1. The highest BCUT2D eigenvalue weighted by Crippen LogP contribution is 2.37. The van der Waals surface area contributed by atoms with Gasteiger partial charge in [-0.05, 0) is 65.0 Å². The molecule has 1 saturated carbocycles. The number of carbonyl (C=O) groups excluding carboxylic acids is 1. The largest absolute Gasteiger partial charge is 0.465 e. The molecule has 1 aliphatic heterocycles. The van der Waals surface area contributed by atoms with Crippen molar-refractivity contribution in [3.8, 4) is 0 Å². The molecule has 122 valence electrons. The standard InChI is InChI=1S/C17H32N2O2/c1-3-21-16(20)17(18)11-7-9-15(17)10-13-19-12-6-4-5-8-14(19)2/h14-15H,3-13,18H2,1-2H3. The second-order valence-electron chi connectivity index (χ2n) is 6.87. The third kappa shape index (κ3) is 3.98. The number of nitrogens with zero attached hydrogens (tertiary/aromatic N) is 1. The van der Waals surface area contributed by atoms with Crippen LogP contribution in [-0.4, -0.2) is 42.1 Å². The van der Waals surface area contributed by atoms with Crippen molar-refractivity contribution in [1.29, 1.82) is 0 Å². The average Bonchev–Trinajstić information content (AvgIpc) is 2.72. The van der Waals surface area contributed by atoms with Gasteiger partial charge in [-0.1, -0.05) is 19.3 Å². The molecule has 3 unspecified atom stereocenters. The van der Waals surface area contributed by atoms with Gasteiger partial charge in [0.2, 0.25) is 0 Å². The third-order valence-corrected chi connectivity index (χ3v) is 5.48. The first-order valence-electron chi connectivity index (χ1n) is 8.78. The van der Waals surface area contributed by atoms with E-state index in [1.54, 1.807) is 0 Å². The molecule has 3 atom stereocenters. The Balaban J connectivity index is 1.90. The summed E-state index contributed by atoms with van der Waals surface area (Å²) in [6, 6.07) is 0.670. The van der Waals surface area contributed by atoms with Crippen molar-refractivity contribution in [2.45, 2.75) is 76.8 Å². The van der Waals surface area contributed by atoms with E-state index >= 15 is 0 Å². The van der Waals surface area contributed by atoms with E-state index in [9.17, 15) is 4.79 Å². The summed E-state index contributed by atoms with van der Waals surface area (Å²) >= 11 is 0. The molecule has 21 heavy (non-hydrogen) atoms. The molecule has 1 aliphatic carbocycles. The van der Waals surface area contributed by atoms with E-state index in [4.69, 9.17) is 10.5 Å². The van der Waals surface area contributed by atoms with E-state index in [1.165, 1.54) is 32.2 Å². The first-order chi connectivity index (χ1) is 10.1. The molecule has 0 amide bonds. The van der Waals surface area contributed by atoms with Crippen LogP contribution in [0.15, 0.2) is 0 Å². The number of esters is 1. The number of hydrogen-bond acceptors (Lipinski definition) is 4. The average molecular weight is 296 g/mol. The normalized spacial score (nSPS) is 34.6. The van der Waals surface area contributed by atoms with Gasteiger partial charge in [-0.3, -0.25) is 4.79 Å². The highest BCUT2D eigenvalue weighted by atomic mass is 16.5. The predicted octanol–water partition coefficient (Wildman–Crippen LogP) is 2.70. The Morgan fingerprint density at radius 1 is 1.29 bits per heavy atom. The number of rotatable bonds is 5. The second kappa shape index (κ2) is 7.59. The van der Waals surface area contributed by atoms with Gasteiger partial charge in [0.1, 0.15) is 5.54 Å². The molecular formula is C17H32N2O2. The summed E-state index contributed by atoms with van der Waals surface area (Å²) in [5, 5.41) is 0. The summed E-state index contributed by atoms with van der Waals surface area (Å²) in [5.41, 5.74) is 5.69. The summed E-state index contributed by atoms with van der Waals surface area (Å²) in [5.74, 6) is 0.100. The minimum atomic E-state index is -0.731. The maximum absolute atomic E-state index is 12.2. The first kappa shape index (κ1) is 16.8. The SMILES string of the molecule is CCOC(=O)C1(N)CCCC1CCN1CCCCCC1C. The summed E-state index contributed by atoms with van der Waals surface area (Å²) in [7, 11) is 0. The summed E-state index contributed by atoms with van der Waals surface area (Å²) in [4.78, 5) is 14.8. The van der Waals surface area contributed by atoms with Crippen molar-refractivity contribution < 1.29 is 9.53 Å². The van der Waals surface area contributed by atoms with Crippen LogP contribution < -0.4 is 5.73 Å². The number of likely N-dealkylation sites (tertiary alicyclic amines) is 1. The molecule has 0 radical (unpaired) electrons. The molecule has 2 N–H and O–H groups in total. The Morgan fingerprint density at radius 3 is 2.86 bits per heavy atom. The summed E-state index contributed by atoms with van der Waals surface area (Å²) < 4.78 is 5.21. The lowest BCUT2D eigenvalue weighted by Crippen LogP contribution is -2.52. The third-order valence-electron chi connectivity index (χ3n) is 5.48. The molecule has 1 heterocycles. The summed E-state index contributed by atoms with van der Waals surface area (Å²) in [6.45, 7) is 6.88. The lowest BCUT2D eigenvalue weighted by Gasteiger charge is -2.32. The molecule has 2 rings (SSSR count). The maximum atomic E-state index is 12.2. The van der Waals surface area contributed by atoms with Crippen LogP contribution in [0.3, 0.4) is 0 Å². The Hall–Kier alpha value is -0.610. The smallest absolute Gasteiger partial charge is 0.326 e. The Bertz CT molecular complexity index is 348. The van der Waals surface area contributed by atoms with E-state index in [0.29, 0.717) is 12.6 Å². The highest BCUT2D eigenvalue weighted by molar-refractivity contribution is 5.81. The quantitative estimate of drug-likeness (QED) is 0.793. The van der Waals surface area contributed by atoms with Gasteiger partial charge in [0.25, 0.3) is 0 Å². The van der Waals surface area contributed by atoms with Crippen LogP contribution in [0.1, 0.15) is 65.2 Å². The van der Waals surface area contributed by atoms with Crippen LogP contribution in [-0.2, 0) is 9.53 Å². The van der Waals surface area contributed by atoms with Gasteiger partial charge >= 0.3 is 5.97 Å². The van der Waals surface area contributed by atoms with Crippen LogP contribution in [0.5, 0.6) is 0 Å². The molecule has 0 aromatic rings. The van der Waals surface area contributed by atoms with Crippen LogP contribution in [0.4, 0.5) is 0 Å². The molecule has 2 fully saturated rings. The lowest BCUT2D eigenvalue weighted by atomic mass is 9.85. The molecule has 0 spiro atoms. The molecule has 0 aromatic carbocycles. The zero-order chi connectivity index (χ0) is 15.3. The molecule has 0 bridgehead atoms. The molecule has 2 aliphatic rings. The lowest BCUT2D eigenvalue weighted by molar-refractivity contribution is -0.151. The molecule has 4 nitrogen and oxygen atoms in total. The Morgan fingerprint density at radius 2 is 2.10 bits per heavy atom. The van der Waals surface area contributed by atoms with Gasteiger partial charge in [-0.15, -0.1) is 0 Å². The van der Waals surface area contributed by atoms with Gasteiger partial charge in [0.05, 0.1) is 6.61 Å². The Labute approximate surface area is 129 Å². The van der Waals surface area contributed by atoms with Gasteiger partial charge in [0, 0.05) is 6.04 Å². The van der Waals surface area contributed by atoms with Crippen molar-refractivity contribution in [3.63, 3.8) is 0 Å². The van der Waals surface area contributed by atoms with Crippen LogP contribution in [0.25, 0.3) is 0 Å². The molecule has 0 aromatic heterocycles. The maximum Gasteiger partial charge on any atom is 0.326 e. The van der Waals surface area contributed by atoms with Crippen molar-refractivity contribution >= 4 is 5.97 Å².